The number of rotatable bonds is 5. The van der Waals surface area contributed by atoms with Gasteiger partial charge >= 0.3 is 6.09 Å². The molecule has 0 aliphatic heterocycles. The highest BCUT2D eigenvalue weighted by molar-refractivity contribution is 6.32. The summed E-state index contributed by atoms with van der Waals surface area (Å²) in [6, 6.07) is 6.75. The molecule has 0 bridgehead atoms. The first-order chi connectivity index (χ1) is 11.1. The molecule has 1 amide bonds. The summed E-state index contributed by atoms with van der Waals surface area (Å²) in [6.07, 6.45) is 0.940. The lowest BCUT2D eigenvalue weighted by Crippen LogP contribution is -2.11. The number of aromatic nitrogens is 1. The minimum Gasteiger partial charge on any atom is -0.495 e. The van der Waals surface area contributed by atoms with Gasteiger partial charge in [0, 0.05) is 12.1 Å². The number of benzene rings is 1. The number of nitrogens with zero attached hydrogens (tertiary/aromatic N) is 1. The molecule has 1 aromatic heterocycles. The van der Waals surface area contributed by atoms with Crippen molar-refractivity contribution in [2.75, 3.05) is 32.0 Å². The Kier molecular flexibility index (Phi) is 5.48. The predicted octanol–water partition coefficient (Wildman–Crippen LogP) is 3.67. The molecule has 8 heteroatoms. The number of carbonyl (C=O) groups excluding carboxylic acids is 1. The molecule has 0 atom stereocenters. The van der Waals surface area contributed by atoms with Gasteiger partial charge in [0.2, 0.25) is 0 Å². The molecule has 23 heavy (non-hydrogen) atoms. The molecule has 0 fully saturated rings. The molecule has 1 heterocycles. The Morgan fingerprint density at radius 3 is 2.43 bits per heavy atom. The van der Waals surface area contributed by atoms with E-state index in [2.05, 4.69) is 20.4 Å². The Morgan fingerprint density at radius 2 is 1.87 bits per heavy atom. The zero-order chi connectivity index (χ0) is 16.8. The molecule has 0 saturated carbocycles. The number of pyridine rings is 1. The molecule has 2 N–H and O–H groups in total. The Balaban J connectivity index is 2.20. The fraction of sp³-hybridized carbons (Fsp3) is 0.200. The summed E-state index contributed by atoms with van der Waals surface area (Å²) >= 11 is 6.07. The maximum Gasteiger partial charge on any atom is 0.411 e. The van der Waals surface area contributed by atoms with Crippen LogP contribution < -0.4 is 20.1 Å². The van der Waals surface area contributed by atoms with Gasteiger partial charge in [-0.3, -0.25) is 5.32 Å². The number of carbonyl (C=O) groups is 1. The lowest BCUT2D eigenvalue weighted by molar-refractivity contribution is 0.187. The molecule has 0 aliphatic rings. The molecule has 0 saturated heterocycles. The quantitative estimate of drug-likeness (QED) is 0.866. The molecule has 0 spiro atoms. The number of anilines is 3. The van der Waals surface area contributed by atoms with Crippen LogP contribution in [0.15, 0.2) is 30.5 Å². The minimum absolute atomic E-state index is 0.445. The van der Waals surface area contributed by atoms with Gasteiger partial charge in [-0.1, -0.05) is 11.6 Å². The van der Waals surface area contributed by atoms with Crippen LogP contribution in [0.25, 0.3) is 0 Å². The van der Waals surface area contributed by atoms with Crippen LogP contribution in [0.3, 0.4) is 0 Å². The number of nitrogens with one attached hydrogen (secondary N) is 2. The Hall–Kier alpha value is -2.67. The monoisotopic (exact) mass is 337 g/mol. The molecule has 0 aliphatic carbocycles. The van der Waals surface area contributed by atoms with E-state index in [-0.39, 0.29) is 0 Å². The van der Waals surface area contributed by atoms with E-state index in [9.17, 15) is 4.79 Å². The van der Waals surface area contributed by atoms with Gasteiger partial charge in [0.15, 0.2) is 0 Å². The van der Waals surface area contributed by atoms with Crippen LogP contribution in [0, 0.1) is 0 Å². The topological polar surface area (TPSA) is 81.7 Å². The first kappa shape index (κ1) is 16.7. The highest BCUT2D eigenvalue weighted by Gasteiger charge is 2.11. The summed E-state index contributed by atoms with van der Waals surface area (Å²) in [6.45, 7) is 0. The molecule has 1 aromatic carbocycles. The standard InChI is InChI=1S/C15H16ClN3O4/c1-21-12-7-11(13(22-2)6-10(12)16)19-14-5-4-9(8-17-14)18-15(20)23-3/h4-8H,1-3H3,(H,17,19)(H,18,20). The van der Waals surface area contributed by atoms with Crippen molar-refractivity contribution in [3.63, 3.8) is 0 Å². The SMILES string of the molecule is COC(=O)Nc1ccc(Nc2cc(OC)c(Cl)cc2OC)nc1. The van der Waals surface area contributed by atoms with E-state index in [0.717, 1.165) is 0 Å². The summed E-state index contributed by atoms with van der Waals surface area (Å²) < 4.78 is 15.0. The maximum atomic E-state index is 11.1. The third-order valence-electron chi connectivity index (χ3n) is 2.93. The lowest BCUT2D eigenvalue weighted by atomic mass is 10.2. The second-order valence-corrected chi connectivity index (χ2v) is 4.77. The van der Waals surface area contributed by atoms with Crippen molar-refractivity contribution >= 4 is 34.9 Å². The Morgan fingerprint density at radius 1 is 1.13 bits per heavy atom. The number of hydrogen-bond acceptors (Lipinski definition) is 6. The van der Waals surface area contributed by atoms with Crippen molar-refractivity contribution in [1.82, 2.24) is 4.98 Å². The van der Waals surface area contributed by atoms with E-state index in [1.807, 2.05) is 0 Å². The zero-order valence-electron chi connectivity index (χ0n) is 12.8. The first-order valence-electron chi connectivity index (χ1n) is 6.57. The molecule has 0 unspecified atom stereocenters. The molecular formula is C15H16ClN3O4. The third kappa shape index (κ3) is 4.17. The van der Waals surface area contributed by atoms with E-state index in [0.29, 0.717) is 33.7 Å². The van der Waals surface area contributed by atoms with Gasteiger partial charge in [0.05, 0.1) is 43.9 Å². The van der Waals surface area contributed by atoms with Crippen LogP contribution >= 0.6 is 11.6 Å². The number of hydrogen-bond donors (Lipinski definition) is 2. The summed E-state index contributed by atoms with van der Waals surface area (Å²) in [4.78, 5) is 15.3. The zero-order valence-corrected chi connectivity index (χ0v) is 13.6. The van der Waals surface area contributed by atoms with E-state index in [1.54, 1.807) is 31.4 Å². The van der Waals surface area contributed by atoms with Crippen molar-refractivity contribution in [2.24, 2.45) is 0 Å². The second kappa shape index (κ2) is 7.55. The van der Waals surface area contributed by atoms with Crippen LogP contribution in [0.1, 0.15) is 0 Å². The highest BCUT2D eigenvalue weighted by Crippen LogP contribution is 2.37. The summed E-state index contributed by atoms with van der Waals surface area (Å²) in [5, 5.41) is 6.06. The van der Waals surface area contributed by atoms with Crippen LogP contribution in [0.4, 0.5) is 22.0 Å². The third-order valence-corrected chi connectivity index (χ3v) is 3.23. The highest BCUT2D eigenvalue weighted by atomic mass is 35.5. The molecule has 122 valence electrons. The van der Waals surface area contributed by atoms with Crippen molar-refractivity contribution < 1.29 is 19.0 Å². The number of ether oxygens (including phenoxy) is 3. The van der Waals surface area contributed by atoms with Crippen molar-refractivity contribution in [2.45, 2.75) is 0 Å². The first-order valence-corrected chi connectivity index (χ1v) is 6.94. The number of halogens is 1. The van der Waals surface area contributed by atoms with Crippen LogP contribution in [-0.4, -0.2) is 32.4 Å². The van der Waals surface area contributed by atoms with Gasteiger partial charge in [0.1, 0.15) is 17.3 Å². The number of amides is 1. The lowest BCUT2D eigenvalue weighted by Gasteiger charge is -2.13. The van der Waals surface area contributed by atoms with Crippen LogP contribution in [-0.2, 0) is 4.74 Å². The molecule has 2 rings (SSSR count). The van der Waals surface area contributed by atoms with Crippen molar-refractivity contribution in [1.29, 1.82) is 0 Å². The largest absolute Gasteiger partial charge is 0.495 e. The van der Waals surface area contributed by atoms with Gasteiger partial charge in [-0.15, -0.1) is 0 Å². The average molecular weight is 338 g/mol. The van der Waals surface area contributed by atoms with Crippen molar-refractivity contribution in [3.05, 3.63) is 35.5 Å². The molecule has 2 aromatic rings. The van der Waals surface area contributed by atoms with E-state index in [1.165, 1.54) is 20.4 Å². The van der Waals surface area contributed by atoms with Gasteiger partial charge in [-0.05, 0) is 12.1 Å². The minimum atomic E-state index is -0.559. The predicted molar refractivity (Wildman–Crippen MR) is 88.1 cm³/mol. The fourth-order valence-corrected chi connectivity index (χ4v) is 2.04. The second-order valence-electron chi connectivity index (χ2n) is 4.36. The Labute approximate surface area is 138 Å². The fourth-order valence-electron chi connectivity index (χ4n) is 1.81. The van der Waals surface area contributed by atoms with Crippen LogP contribution in [0.5, 0.6) is 11.5 Å². The maximum absolute atomic E-state index is 11.1. The van der Waals surface area contributed by atoms with Gasteiger partial charge in [0.25, 0.3) is 0 Å². The molecule has 0 radical (unpaired) electrons. The average Bonchev–Trinajstić information content (AvgIpc) is 2.57. The molecule has 7 nitrogen and oxygen atoms in total. The summed E-state index contributed by atoms with van der Waals surface area (Å²) in [5.74, 6) is 1.62. The Bertz CT molecular complexity index is 692. The van der Waals surface area contributed by atoms with E-state index >= 15 is 0 Å². The van der Waals surface area contributed by atoms with E-state index < -0.39 is 6.09 Å². The van der Waals surface area contributed by atoms with Crippen LogP contribution in [0.2, 0.25) is 5.02 Å². The summed E-state index contributed by atoms with van der Waals surface area (Å²) in [7, 11) is 4.36. The van der Waals surface area contributed by atoms with E-state index in [4.69, 9.17) is 21.1 Å². The smallest absolute Gasteiger partial charge is 0.411 e. The van der Waals surface area contributed by atoms with Crippen molar-refractivity contribution in [3.8, 4) is 11.5 Å². The summed E-state index contributed by atoms with van der Waals surface area (Å²) in [5.41, 5.74) is 1.16. The molecular weight excluding hydrogens is 322 g/mol. The van der Waals surface area contributed by atoms with Gasteiger partial charge < -0.3 is 19.5 Å². The normalized spacial score (nSPS) is 9.91. The number of methoxy groups -OCH3 is 3. The van der Waals surface area contributed by atoms with Gasteiger partial charge in [-0.25, -0.2) is 9.78 Å². The van der Waals surface area contributed by atoms with Gasteiger partial charge in [-0.2, -0.15) is 0 Å².